The molecule has 1 aliphatic rings. The second kappa shape index (κ2) is 17.7. The van der Waals surface area contributed by atoms with Gasteiger partial charge < -0.3 is 33.2 Å². The van der Waals surface area contributed by atoms with E-state index in [9.17, 15) is 24.0 Å². The zero-order valence-electron chi connectivity index (χ0n) is 27.3. The summed E-state index contributed by atoms with van der Waals surface area (Å²) >= 11 is 0. The summed E-state index contributed by atoms with van der Waals surface area (Å²) in [5.74, 6) is -3.25. The minimum atomic E-state index is -1.42. The summed E-state index contributed by atoms with van der Waals surface area (Å²) < 4.78 is 35.7. The molecule has 0 N–H and O–H groups in total. The SMILES string of the molecule is CC(=O)CCC(=O)O[C@H]1[C@@H](OCc2ccccc2)O[C@@H]([C@@H](COC(=O)c2ccccc2)OC(=O)c2ccccc2)[C@@H]1OC(=O)c1ccccc1. The molecule has 0 aliphatic carbocycles. The molecule has 4 aromatic rings. The lowest BCUT2D eigenvalue weighted by Crippen LogP contribution is -2.47. The fraction of sp³-hybridized carbons (Fsp3) is 0.256. The summed E-state index contributed by atoms with van der Waals surface area (Å²) in [7, 11) is 0. The molecule has 1 aliphatic heterocycles. The van der Waals surface area contributed by atoms with Gasteiger partial charge in [0.2, 0.25) is 0 Å². The average molecular weight is 681 g/mol. The van der Waals surface area contributed by atoms with Crippen LogP contribution in [-0.2, 0) is 44.6 Å². The van der Waals surface area contributed by atoms with Crippen molar-refractivity contribution < 1.29 is 52.4 Å². The second-order valence-corrected chi connectivity index (χ2v) is 11.4. The summed E-state index contributed by atoms with van der Waals surface area (Å²) in [4.78, 5) is 64.6. The van der Waals surface area contributed by atoms with Gasteiger partial charge in [-0.25, -0.2) is 14.4 Å². The van der Waals surface area contributed by atoms with E-state index in [1.165, 1.54) is 6.92 Å². The third-order valence-corrected chi connectivity index (χ3v) is 7.69. The predicted molar refractivity (Wildman–Crippen MR) is 178 cm³/mol. The van der Waals surface area contributed by atoms with Crippen LogP contribution < -0.4 is 0 Å². The number of carbonyl (C=O) groups is 5. The summed E-state index contributed by atoms with van der Waals surface area (Å²) in [5, 5.41) is 0. The molecule has 50 heavy (non-hydrogen) atoms. The van der Waals surface area contributed by atoms with Crippen molar-refractivity contribution in [3.05, 3.63) is 144 Å². The Bertz CT molecular complexity index is 1730. The van der Waals surface area contributed by atoms with Crippen molar-refractivity contribution >= 4 is 29.7 Å². The zero-order valence-corrected chi connectivity index (χ0v) is 27.3. The summed E-state index contributed by atoms with van der Waals surface area (Å²) in [5.41, 5.74) is 1.41. The van der Waals surface area contributed by atoms with Gasteiger partial charge in [0.15, 0.2) is 24.6 Å². The Morgan fingerprint density at radius 1 is 0.620 bits per heavy atom. The Kier molecular flexibility index (Phi) is 12.6. The molecular weight excluding hydrogens is 644 g/mol. The van der Waals surface area contributed by atoms with Gasteiger partial charge in [0.25, 0.3) is 0 Å². The van der Waals surface area contributed by atoms with E-state index in [4.69, 9.17) is 28.4 Å². The number of benzene rings is 4. The van der Waals surface area contributed by atoms with Crippen molar-refractivity contribution in [2.45, 2.75) is 57.1 Å². The first-order chi connectivity index (χ1) is 24.3. The molecule has 0 bridgehead atoms. The molecule has 11 heteroatoms. The monoisotopic (exact) mass is 680 g/mol. The molecule has 0 radical (unpaired) electrons. The highest BCUT2D eigenvalue weighted by molar-refractivity contribution is 5.91. The smallest absolute Gasteiger partial charge is 0.338 e. The maximum Gasteiger partial charge on any atom is 0.338 e. The summed E-state index contributed by atoms with van der Waals surface area (Å²) in [6.45, 7) is 0.837. The molecule has 0 spiro atoms. The molecule has 0 unspecified atom stereocenters. The summed E-state index contributed by atoms with van der Waals surface area (Å²) in [6, 6.07) is 33.6. The van der Waals surface area contributed by atoms with E-state index in [0.29, 0.717) is 0 Å². The van der Waals surface area contributed by atoms with Gasteiger partial charge in [0, 0.05) is 6.42 Å². The quantitative estimate of drug-likeness (QED) is 0.116. The molecule has 258 valence electrons. The van der Waals surface area contributed by atoms with E-state index >= 15 is 0 Å². The highest BCUT2D eigenvalue weighted by Crippen LogP contribution is 2.33. The first kappa shape index (κ1) is 35.7. The predicted octanol–water partition coefficient (Wildman–Crippen LogP) is 5.52. The van der Waals surface area contributed by atoms with Gasteiger partial charge in [-0.3, -0.25) is 4.79 Å². The van der Waals surface area contributed by atoms with Crippen LogP contribution in [0.2, 0.25) is 0 Å². The molecule has 5 rings (SSSR count). The number of ether oxygens (including phenoxy) is 6. The van der Waals surface area contributed by atoms with Gasteiger partial charge in [-0.1, -0.05) is 84.9 Å². The first-order valence-corrected chi connectivity index (χ1v) is 16.0. The topological polar surface area (TPSA) is 141 Å². The van der Waals surface area contributed by atoms with E-state index < -0.39 is 61.2 Å². The molecule has 1 heterocycles. The van der Waals surface area contributed by atoms with Crippen molar-refractivity contribution in [2.75, 3.05) is 6.61 Å². The van der Waals surface area contributed by atoms with Crippen LogP contribution in [0.4, 0.5) is 0 Å². The normalized spacial score (nSPS) is 18.7. The largest absolute Gasteiger partial charge is 0.458 e. The average Bonchev–Trinajstić information content (AvgIpc) is 3.48. The maximum absolute atomic E-state index is 13.5. The fourth-order valence-corrected chi connectivity index (χ4v) is 5.14. The van der Waals surface area contributed by atoms with Crippen LogP contribution in [-0.4, -0.2) is 67.0 Å². The third-order valence-electron chi connectivity index (χ3n) is 7.69. The maximum atomic E-state index is 13.5. The van der Waals surface area contributed by atoms with Gasteiger partial charge in [0.1, 0.15) is 18.5 Å². The minimum Gasteiger partial charge on any atom is -0.458 e. The van der Waals surface area contributed by atoms with Gasteiger partial charge in [-0.2, -0.15) is 0 Å². The Balaban J connectivity index is 1.50. The number of hydrogen-bond donors (Lipinski definition) is 0. The molecular formula is C39H36O11. The second-order valence-electron chi connectivity index (χ2n) is 11.4. The third kappa shape index (κ3) is 9.94. The van der Waals surface area contributed by atoms with Crippen LogP contribution in [0.25, 0.3) is 0 Å². The van der Waals surface area contributed by atoms with E-state index in [2.05, 4.69) is 0 Å². The van der Waals surface area contributed by atoms with E-state index in [1.807, 2.05) is 30.3 Å². The summed E-state index contributed by atoms with van der Waals surface area (Å²) in [6.07, 6.45) is -7.20. The number of ketones is 1. The standard InChI is InChI=1S/C39H36O11/c1-26(40)22-23-32(41)48-35-34(49-38(44)30-20-12-5-13-21-30)33(50-39(35)46-24-27-14-6-2-7-15-27)31(47-37(43)29-18-10-4-11-19-29)25-45-36(42)28-16-8-3-9-17-28/h2-21,31,33-35,39H,22-25H2,1H3/t31-,33+,34+,35-,39+/m1/s1. The van der Waals surface area contributed by atoms with Crippen molar-refractivity contribution in [1.29, 1.82) is 0 Å². The molecule has 1 saturated heterocycles. The van der Waals surface area contributed by atoms with Gasteiger partial charge in [-0.05, 0) is 48.9 Å². The first-order valence-electron chi connectivity index (χ1n) is 16.0. The Morgan fingerprint density at radius 2 is 1.14 bits per heavy atom. The lowest BCUT2D eigenvalue weighted by Gasteiger charge is -2.28. The molecule has 0 saturated carbocycles. The number of hydrogen-bond acceptors (Lipinski definition) is 11. The zero-order chi connectivity index (χ0) is 35.3. The molecule has 11 nitrogen and oxygen atoms in total. The lowest BCUT2D eigenvalue weighted by atomic mass is 10.0. The highest BCUT2D eigenvalue weighted by atomic mass is 16.7. The minimum absolute atomic E-state index is 0.0105. The number of rotatable bonds is 15. The molecule has 0 aromatic heterocycles. The van der Waals surface area contributed by atoms with Gasteiger partial charge in [0.05, 0.1) is 29.7 Å². The van der Waals surface area contributed by atoms with Crippen LogP contribution in [0.1, 0.15) is 56.4 Å². The molecule has 5 atom stereocenters. The Labute approximate surface area is 289 Å². The van der Waals surface area contributed by atoms with Crippen molar-refractivity contribution in [2.24, 2.45) is 0 Å². The van der Waals surface area contributed by atoms with Crippen molar-refractivity contribution in [3.63, 3.8) is 0 Å². The van der Waals surface area contributed by atoms with Gasteiger partial charge >= 0.3 is 23.9 Å². The Hall–Kier alpha value is -5.65. The fourth-order valence-electron chi connectivity index (χ4n) is 5.14. The van der Waals surface area contributed by atoms with Crippen LogP contribution in [0, 0.1) is 0 Å². The van der Waals surface area contributed by atoms with Crippen molar-refractivity contribution in [3.8, 4) is 0 Å². The van der Waals surface area contributed by atoms with Crippen LogP contribution in [0.15, 0.2) is 121 Å². The van der Waals surface area contributed by atoms with Crippen LogP contribution >= 0.6 is 0 Å². The number of esters is 4. The van der Waals surface area contributed by atoms with Crippen LogP contribution in [0.5, 0.6) is 0 Å². The molecule has 1 fully saturated rings. The van der Waals surface area contributed by atoms with Gasteiger partial charge in [-0.15, -0.1) is 0 Å². The van der Waals surface area contributed by atoms with Crippen LogP contribution in [0.3, 0.4) is 0 Å². The molecule has 4 aromatic carbocycles. The van der Waals surface area contributed by atoms with E-state index in [1.54, 1.807) is 91.0 Å². The van der Waals surface area contributed by atoms with E-state index in [-0.39, 0.29) is 41.9 Å². The number of Topliss-reactive ketones (excluding diaryl/α,β-unsaturated/α-hetero) is 1. The molecule has 0 amide bonds. The lowest BCUT2D eigenvalue weighted by molar-refractivity contribution is -0.198. The van der Waals surface area contributed by atoms with Crippen molar-refractivity contribution in [1.82, 2.24) is 0 Å². The van der Waals surface area contributed by atoms with E-state index in [0.717, 1.165) is 5.56 Å². The highest BCUT2D eigenvalue weighted by Gasteiger charge is 2.54. The number of carbonyl (C=O) groups excluding carboxylic acids is 5. The Morgan fingerprint density at radius 3 is 1.70 bits per heavy atom.